The summed E-state index contributed by atoms with van der Waals surface area (Å²) in [5.74, 6) is 0. The number of aliphatic hydroxyl groups is 1. The van der Waals surface area contributed by atoms with Gasteiger partial charge < -0.3 is 5.11 Å². The fourth-order valence-corrected chi connectivity index (χ4v) is 2.70. The van der Waals surface area contributed by atoms with Crippen LogP contribution in [0.25, 0.3) is 0 Å². The van der Waals surface area contributed by atoms with Crippen LogP contribution in [0.1, 0.15) is 31.9 Å². The van der Waals surface area contributed by atoms with E-state index in [2.05, 4.69) is 47.7 Å². The number of aliphatic hydroxyl groups excluding tert-OH is 1. The number of hydrogen-bond donors (Lipinski definition) is 1. The summed E-state index contributed by atoms with van der Waals surface area (Å²) in [4.78, 5) is 2.14. The predicted molar refractivity (Wildman–Crippen MR) is 80.7 cm³/mol. The topological polar surface area (TPSA) is 47.3 Å². The molecule has 0 radical (unpaired) electrons. The minimum absolute atomic E-state index is 0.0164. The first kappa shape index (κ1) is 16.2. The van der Waals surface area contributed by atoms with Gasteiger partial charge >= 0.3 is 0 Å². The van der Waals surface area contributed by atoms with E-state index in [0.29, 0.717) is 5.56 Å². The van der Waals surface area contributed by atoms with Crippen LogP contribution in [0.3, 0.4) is 0 Å². The number of hydrogen-bond acceptors (Lipinski definition) is 3. The van der Waals surface area contributed by atoms with E-state index in [0.717, 1.165) is 16.6 Å². The molecular weight excluding hydrogens is 304 g/mol. The molecule has 0 aliphatic rings. The molecule has 4 heteroatoms. The molecule has 1 unspecified atom stereocenters. The van der Waals surface area contributed by atoms with E-state index in [-0.39, 0.29) is 18.1 Å². The fraction of sp³-hybridized carbons (Fsp3) is 0.533. The Morgan fingerprint density at radius 1 is 1.42 bits per heavy atom. The molecule has 0 aliphatic carbocycles. The van der Waals surface area contributed by atoms with E-state index >= 15 is 0 Å². The SMILES string of the molecule is CN(Cc1ccc(C#N)cc1Br)C(CO)C(C)(C)C. The van der Waals surface area contributed by atoms with Crippen LogP contribution in [0.15, 0.2) is 22.7 Å². The monoisotopic (exact) mass is 324 g/mol. The molecule has 104 valence electrons. The van der Waals surface area contributed by atoms with Gasteiger partial charge in [0.05, 0.1) is 18.2 Å². The van der Waals surface area contributed by atoms with Crippen molar-refractivity contribution in [3.05, 3.63) is 33.8 Å². The van der Waals surface area contributed by atoms with E-state index in [9.17, 15) is 5.11 Å². The third kappa shape index (κ3) is 4.31. The first-order chi connectivity index (χ1) is 8.79. The molecule has 3 nitrogen and oxygen atoms in total. The van der Waals surface area contributed by atoms with Crippen molar-refractivity contribution in [3.63, 3.8) is 0 Å². The fourth-order valence-electron chi connectivity index (χ4n) is 2.20. The molecule has 19 heavy (non-hydrogen) atoms. The summed E-state index contributed by atoms with van der Waals surface area (Å²) in [6.45, 7) is 7.23. The van der Waals surface area contributed by atoms with Crippen molar-refractivity contribution < 1.29 is 5.11 Å². The van der Waals surface area contributed by atoms with Crippen LogP contribution >= 0.6 is 15.9 Å². The highest BCUT2D eigenvalue weighted by atomic mass is 79.9. The maximum Gasteiger partial charge on any atom is 0.0992 e. The first-order valence-electron chi connectivity index (χ1n) is 6.29. The molecule has 0 saturated carbocycles. The lowest BCUT2D eigenvalue weighted by molar-refractivity contribution is 0.0613. The molecule has 1 rings (SSSR count). The maximum absolute atomic E-state index is 9.57. The van der Waals surface area contributed by atoms with Gasteiger partial charge in [-0.1, -0.05) is 42.8 Å². The van der Waals surface area contributed by atoms with Gasteiger partial charge in [0, 0.05) is 17.1 Å². The van der Waals surface area contributed by atoms with Crippen molar-refractivity contribution in [2.45, 2.75) is 33.4 Å². The number of rotatable bonds is 4. The van der Waals surface area contributed by atoms with Gasteiger partial charge in [0.15, 0.2) is 0 Å². The molecule has 0 bridgehead atoms. The summed E-state index contributed by atoms with van der Waals surface area (Å²) in [6, 6.07) is 7.82. The van der Waals surface area contributed by atoms with Gasteiger partial charge in [0.1, 0.15) is 0 Å². The predicted octanol–water partition coefficient (Wildman–Crippen LogP) is 3.16. The van der Waals surface area contributed by atoms with Crippen molar-refractivity contribution in [1.82, 2.24) is 4.90 Å². The lowest BCUT2D eigenvalue weighted by Crippen LogP contribution is -2.44. The number of nitriles is 1. The zero-order valence-corrected chi connectivity index (χ0v) is 13.5. The molecule has 0 saturated heterocycles. The van der Waals surface area contributed by atoms with Gasteiger partial charge in [-0.25, -0.2) is 0 Å². The molecular formula is C15H21BrN2O. The van der Waals surface area contributed by atoms with E-state index in [1.54, 1.807) is 0 Å². The van der Waals surface area contributed by atoms with Crippen LogP contribution in [-0.2, 0) is 6.54 Å². The minimum Gasteiger partial charge on any atom is -0.395 e. The van der Waals surface area contributed by atoms with Gasteiger partial charge in [-0.2, -0.15) is 5.26 Å². The Hall–Kier alpha value is -0.890. The lowest BCUT2D eigenvalue weighted by atomic mass is 9.86. The smallest absolute Gasteiger partial charge is 0.0992 e. The largest absolute Gasteiger partial charge is 0.395 e. The second-order valence-electron chi connectivity index (χ2n) is 5.90. The third-order valence-corrected chi connectivity index (χ3v) is 4.04. The Kier molecular flexibility index (Phi) is 5.54. The molecule has 0 aliphatic heterocycles. The van der Waals surface area contributed by atoms with Crippen molar-refractivity contribution in [2.24, 2.45) is 5.41 Å². The highest BCUT2D eigenvalue weighted by Crippen LogP contribution is 2.26. The summed E-state index contributed by atoms with van der Waals surface area (Å²) in [7, 11) is 2.01. The normalized spacial score (nSPS) is 13.4. The highest BCUT2D eigenvalue weighted by Gasteiger charge is 2.27. The molecule has 1 aromatic carbocycles. The van der Waals surface area contributed by atoms with Gasteiger partial charge in [-0.15, -0.1) is 0 Å². The average Bonchev–Trinajstić information content (AvgIpc) is 2.30. The van der Waals surface area contributed by atoms with Gasteiger partial charge in [-0.3, -0.25) is 4.90 Å². The standard InChI is InChI=1S/C15H21BrN2O/c1-15(2,3)14(10-19)18(4)9-12-6-5-11(8-17)7-13(12)16/h5-7,14,19H,9-10H2,1-4H3. The van der Waals surface area contributed by atoms with Gasteiger partial charge in [0.2, 0.25) is 0 Å². The van der Waals surface area contributed by atoms with Crippen LogP contribution in [0.2, 0.25) is 0 Å². The third-order valence-electron chi connectivity index (χ3n) is 3.31. The second-order valence-corrected chi connectivity index (χ2v) is 6.75. The molecule has 1 aromatic rings. The summed E-state index contributed by atoms with van der Waals surface area (Å²) in [6.07, 6.45) is 0. The maximum atomic E-state index is 9.57. The average molecular weight is 325 g/mol. The first-order valence-corrected chi connectivity index (χ1v) is 7.08. The molecule has 0 amide bonds. The summed E-state index contributed by atoms with van der Waals surface area (Å²) < 4.78 is 0.934. The van der Waals surface area contributed by atoms with Crippen LogP contribution < -0.4 is 0 Å². The van der Waals surface area contributed by atoms with E-state index < -0.39 is 0 Å². The molecule has 0 spiro atoms. The zero-order valence-electron chi connectivity index (χ0n) is 11.9. The summed E-state index contributed by atoms with van der Waals surface area (Å²) in [5.41, 5.74) is 1.78. The molecule has 1 atom stereocenters. The highest BCUT2D eigenvalue weighted by molar-refractivity contribution is 9.10. The zero-order chi connectivity index (χ0) is 14.6. The summed E-state index contributed by atoms with van der Waals surface area (Å²) >= 11 is 3.50. The number of likely N-dealkylation sites (N-methyl/N-ethyl adjacent to an activating group) is 1. The quantitative estimate of drug-likeness (QED) is 0.925. The number of halogens is 1. The van der Waals surface area contributed by atoms with E-state index in [4.69, 9.17) is 5.26 Å². The molecule has 0 fully saturated rings. The summed E-state index contributed by atoms with van der Waals surface area (Å²) in [5, 5.41) is 18.4. The van der Waals surface area contributed by atoms with Crippen LogP contribution in [0, 0.1) is 16.7 Å². The van der Waals surface area contributed by atoms with E-state index in [1.807, 2.05) is 25.2 Å². The van der Waals surface area contributed by atoms with Crippen LogP contribution in [0.4, 0.5) is 0 Å². The van der Waals surface area contributed by atoms with Crippen molar-refractivity contribution >= 4 is 15.9 Å². The van der Waals surface area contributed by atoms with Gasteiger partial charge in [-0.05, 0) is 30.2 Å². The Labute approximate surface area is 124 Å². The Morgan fingerprint density at radius 2 is 2.05 bits per heavy atom. The van der Waals surface area contributed by atoms with E-state index in [1.165, 1.54) is 0 Å². The van der Waals surface area contributed by atoms with Crippen LogP contribution in [-0.4, -0.2) is 29.7 Å². The Morgan fingerprint density at radius 3 is 2.47 bits per heavy atom. The Bertz CT molecular complexity index is 474. The minimum atomic E-state index is 0.0164. The lowest BCUT2D eigenvalue weighted by Gasteiger charge is -2.37. The van der Waals surface area contributed by atoms with Crippen molar-refractivity contribution in [2.75, 3.05) is 13.7 Å². The molecule has 0 aromatic heterocycles. The Balaban J connectivity index is 2.88. The second kappa shape index (κ2) is 6.51. The number of nitrogens with zero attached hydrogens (tertiary/aromatic N) is 2. The molecule has 0 heterocycles. The van der Waals surface area contributed by atoms with Crippen LogP contribution in [0.5, 0.6) is 0 Å². The number of benzene rings is 1. The van der Waals surface area contributed by atoms with Crippen molar-refractivity contribution in [1.29, 1.82) is 5.26 Å². The van der Waals surface area contributed by atoms with Gasteiger partial charge in [0.25, 0.3) is 0 Å². The van der Waals surface area contributed by atoms with Crippen molar-refractivity contribution in [3.8, 4) is 6.07 Å². The molecule has 1 N–H and O–H groups in total.